The van der Waals surface area contributed by atoms with E-state index in [1.165, 1.54) is 12.1 Å². The molecule has 0 saturated carbocycles. The molecule has 0 amide bonds. The number of aliphatic hydroxyl groups is 1. The average Bonchev–Trinajstić information content (AvgIpc) is 2.75. The van der Waals surface area contributed by atoms with E-state index in [9.17, 15) is 13.9 Å². The molecule has 3 aromatic rings. The van der Waals surface area contributed by atoms with Gasteiger partial charge in [0.1, 0.15) is 35.8 Å². The number of methoxy groups -OCH3 is 1. The van der Waals surface area contributed by atoms with Gasteiger partial charge in [-0.25, -0.2) is 8.78 Å². The maximum Gasteiger partial charge on any atom is 0.130 e. The fourth-order valence-electron chi connectivity index (χ4n) is 3.13. The van der Waals surface area contributed by atoms with Crippen LogP contribution in [0.2, 0.25) is 0 Å². The molecule has 158 valence electrons. The Balaban J connectivity index is 1.64. The lowest BCUT2D eigenvalue weighted by molar-refractivity contribution is 0.0624. The second-order valence-electron chi connectivity index (χ2n) is 7.03. The van der Waals surface area contributed by atoms with Crippen molar-refractivity contribution >= 4 is 0 Å². The third-order valence-electron chi connectivity index (χ3n) is 4.63. The van der Waals surface area contributed by atoms with Crippen LogP contribution in [-0.2, 0) is 13.1 Å². The largest absolute Gasteiger partial charge is 0.497 e. The summed E-state index contributed by atoms with van der Waals surface area (Å²) in [7, 11) is 1.59. The molecule has 0 radical (unpaired) electrons. The van der Waals surface area contributed by atoms with E-state index in [-0.39, 0.29) is 19.7 Å². The summed E-state index contributed by atoms with van der Waals surface area (Å²) in [6.45, 7) is 1.10. The number of hydrogen-bond acceptors (Lipinski definition) is 4. The average molecular weight is 413 g/mol. The summed E-state index contributed by atoms with van der Waals surface area (Å²) in [6.07, 6.45) is -0.792. The van der Waals surface area contributed by atoms with Crippen LogP contribution in [0, 0.1) is 11.6 Å². The van der Waals surface area contributed by atoms with Gasteiger partial charge in [0.05, 0.1) is 7.11 Å². The van der Waals surface area contributed by atoms with Crippen LogP contribution in [0.1, 0.15) is 11.1 Å². The maximum atomic E-state index is 14.2. The molecule has 0 bridgehead atoms. The highest BCUT2D eigenvalue weighted by Gasteiger charge is 2.16. The van der Waals surface area contributed by atoms with Crippen molar-refractivity contribution in [1.29, 1.82) is 0 Å². The fraction of sp³-hybridized carbons (Fsp3) is 0.250. The first-order chi connectivity index (χ1) is 14.5. The lowest BCUT2D eigenvalue weighted by Gasteiger charge is -2.25. The summed E-state index contributed by atoms with van der Waals surface area (Å²) < 4.78 is 38.2. The smallest absolute Gasteiger partial charge is 0.130 e. The molecular weight excluding hydrogens is 388 g/mol. The zero-order valence-electron chi connectivity index (χ0n) is 16.8. The van der Waals surface area contributed by atoms with Crippen molar-refractivity contribution in [2.75, 3.05) is 20.3 Å². The molecule has 0 aliphatic heterocycles. The second kappa shape index (κ2) is 10.7. The van der Waals surface area contributed by atoms with Crippen LogP contribution in [0.25, 0.3) is 0 Å². The van der Waals surface area contributed by atoms with E-state index in [1.54, 1.807) is 31.4 Å². The Morgan fingerprint density at radius 2 is 1.60 bits per heavy atom. The standard InChI is InChI=1S/C24H25F2NO3/c1-29-22-9-11-23(12-10-22)30-17-21(28)16-27(14-18-5-3-2-4-6-18)15-19-7-8-20(25)13-24(19)26/h2-13,21,28H,14-17H2,1H3/t21-/m0/s1. The molecular formula is C24H25F2NO3. The van der Waals surface area contributed by atoms with Crippen LogP contribution in [0.15, 0.2) is 72.8 Å². The van der Waals surface area contributed by atoms with E-state index in [0.29, 0.717) is 17.9 Å². The first-order valence-corrected chi connectivity index (χ1v) is 9.68. The van der Waals surface area contributed by atoms with Crippen molar-refractivity contribution in [3.63, 3.8) is 0 Å². The SMILES string of the molecule is COc1ccc(OC[C@@H](O)CN(Cc2ccccc2)Cc2ccc(F)cc2F)cc1. The van der Waals surface area contributed by atoms with Gasteiger partial charge in [-0.05, 0) is 35.9 Å². The minimum absolute atomic E-state index is 0.0868. The van der Waals surface area contributed by atoms with E-state index in [0.717, 1.165) is 17.4 Å². The number of halogens is 2. The van der Waals surface area contributed by atoms with Crippen molar-refractivity contribution in [2.24, 2.45) is 0 Å². The molecule has 6 heteroatoms. The Kier molecular flexibility index (Phi) is 7.76. The Morgan fingerprint density at radius 1 is 0.900 bits per heavy atom. The van der Waals surface area contributed by atoms with E-state index in [2.05, 4.69) is 0 Å². The van der Waals surface area contributed by atoms with Crippen LogP contribution in [0.4, 0.5) is 8.78 Å². The van der Waals surface area contributed by atoms with Gasteiger partial charge in [0.15, 0.2) is 0 Å². The molecule has 1 atom stereocenters. The predicted octanol–water partition coefficient (Wildman–Crippen LogP) is 4.42. The zero-order chi connectivity index (χ0) is 21.3. The first kappa shape index (κ1) is 21.7. The highest BCUT2D eigenvalue weighted by molar-refractivity contribution is 5.31. The lowest BCUT2D eigenvalue weighted by atomic mass is 10.1. The third kappa shape index (κ3) is 6.54. The Bertz CT molecular complexity index is 919. The summed E-state index contributed by atoms with van der Waals surface area (Å²) in [5.74, 6) is 0.128. The van der Waals surface area contributed by atoms with E-state index >= 15 is 0 Å². The summed E-state index contributed by atoms with van der Waals surface area (Å²) >= 11 is 0. The minimum Gasteiger partial charge on any atom is -0.497 e. The second-order valence-corrected chi connectivity index (χ2v) is 7.03. The molecule has 3 aromatic carbocycles. The molecule has 30 heavy (non-hydrogen) atoms. The zero-order valence-corrected chi connectivity index (χ0v) is 16.8. The molecule has 0 heterocycles. The number of nitrogens with zero attached hydrogens (tertiary/aromatic N) is 1. The highest BCUT2D eigenvalue weighted by Crippen LogP contribution is 2.18. The monoisotopic (exact) mass is 413 g/mol. The van der Waals surface area contributed by atoms with E-state index < -0.39 is 17.7 Å². The molecule has 0 saturated heterocycles. The van der Waals surface area contributed by atoms with Gasteiger partial charge in [-0.2, -0.15) is 0 Å². The third-order valence-corrected chi connectivity index (χ3v) is 4.63. The molecule has 4 nitrogen and oxygen atoms in total. The Labute approximate surface area is 175 Å². The van der Waals surface area contributed by atoms with Crippen LogP contribution in [0.3, 0.4) is 0 Å². The van der Waals surface area contributed by atoms with Crippen molar-refractivity contribution in [3.8, 4) is 11.5 Å². The molecule has 0 unspecified atom stereocenters. The van der Waals surface area contributed by atoms with Crippen LogP contribution < -0.4 is 9.47 Å². The predicted molar refractivity (Wildman–Crippen MR) is 111 cm³/mol. The van der Waals surface area contributed by atoms with Gasteiger partial charge in [0.25, 0.3) is 0 Å². The molecule has 3 rings (SSSR count). The van der Waals surface area contributed by atoms with Crippen LogP contribution in [0.5, 0.6) is 11.5 Å². The highest BCUT2D eigenvalue weighted by atomic mass is 19.1. The van der Waals surface area contributed by atoms with Crippen molar-refractivity contribution < 1.29 is 23.4 Å². The fourth-order valence-corrected chi connectivity index (χ4v) is 3.13. The van der Waals surface area contributed by atoms with E-state index in [4.69, 9.17) is 9.47 Å². The number of benzene rings is 3. The molecule has 0 fully saturated rings. The molecule has 0 spiro atoms. The van der Waals surface area contributed by atoms with Gasteiger partial charge >= 0.3 is 0 Å². The van der Waals surface area contributed by atoms with Gasteiger partial charge in [-0.1, -0.05) is 36.4 Å². The summed E-state index contributed by atoms with van der Waals surface area (Å²) in [5.41, 5.74) is 1.40. The van der Waals surface area contributed by atoms with Gasteiger partial charge in [-0.3, -0.25) is 4.90 Å². The van der Waals surface area contributed by atoms with Gasteiger partial charge in [0, 0.05) is 31.3 Å². The number of ether oxygens (including phenoxy) is 2. The Hall–Kier alpha value is -2.96. The van der Waals surface area contributed by atoms with Gasteiger partial charge < -0.3 is 14.6 Å². The number of aliphatic hydroxyl groups excluding tert-OH is 1. The van der Waals surface area contributed by atoms with Crippen molar-refractivity contribution in [2.45, 2.75) is 19.2 Å². The molecule has 0 aromatic heterocycles. The maximum absolute atomic E-state index is 14.2. The minimum atomic E-state index is -0.792. The number of rotatable bonds is 10. The number of hydrogen-bond donors (Lipinski definition) is 1. The summed E-state index contributed by atoms with van der Waals surface area (Å²) in [5, 5.41) is 10.5. The summed E-state index contributed by atoms with van der Waals surface area (Å²) in [4.78, 5) is 1.91. The normalized spacial score (nSPS) is 12.0. The quantitative estimate of drug-likeness (QED) is 0.535. The molecule has 0 aliphatic rings. The van der Waals surface area contributed by atoms with E-state index in [1.807, 2.05) is 35.2 Å². The lowest BCUT2D eigenvalue weighted by Crippen LogP contribution is -2.35. The molecule has 0 aliphatic carbocycles. The van der Waals surface area contributed by atoms with Crippen molar-refractivity contribution in [1.82, 2.24) is 4.90 Å². The van der Waals surface area contributed by atoms with Crippen LogP contribution >= 0.6 is 0 Å². The van der Waals surface area contributed by atoms with Gasteiger partial charge in [-0.15, -0.1) is 0 Å². The van der Waals surface area contributed by atoms with Gasteiger partial charge in [0.2, 0.25) is 0 Å². The summed E-state index contributed by atoms with van der Waals surface area (Å²) in [6, 6.07) is 20.3. The first-order valence-electron chi connectivity index (χ1n) is 9.68. The van der Waals surface area contributed by atoms with Crippen molar-refractivity contribution in [3.05, 3.63) is 95.6 Å². The topological polar surface area (TPSA) is 41.9 Å². The van der Waals surface area contributed by atoms with Crippen LogP contribution in [-0.4, -0.2) is 36.4 Å². The Morgan fingerprint density at radius 3 is 2.27 bits per heavy atom. The molecule has 1 N–H and O–H groups in total.